The molecular weight excluding hydrogens is 382 g/mol. The molecule has 0 fully saturated rings. The monoisotopic (exact) mass is 403 g/mol. The SMILES string of the molecule is CCOc1ccc2oc(-c3ccc(Cl)cc3)cc(=Nc3ccc(C)cc3C)c2c1. The molecule has 0 amide bonds. The van der Waals surface area contributed by atoms with Gasteiger partial charge in [0.15, 0.2) is 0 Å². The van der Waals surface area contributed by atoms with E-state index in [1.807, 2.05) is 55.5 Å². The molecule has 0 aliphatic heterocycles. The van der Waals surface area contributed by atoms with Crippen LogP contribution in [0.25, 0.3) is 22.3 Å². The van der Waals surface area contributed by atoms with Gasteiger partial charge in [0.2, 0.25) is 0 Å². The molecular formula is C25H22ClNO2. The van der Waals surface area contributed by atoms with Crippen molar-refractivity contribution in [2.24, 2.45) is 4.99 Å². The first-order valence-corrected chi connectivity index (χ1v) is 10.00. The highest BCUT2D eigenvalue weighted by molar-refractivity contribution is 6.30. The van der Waals surface area contributed by atoms with E-state index in [-0.39, 0.29) is 0 Å². The van der Waals surface area contributed by atoms with Gasteiger partial charge in [-0.25, -0.2) is 4.99 Å². The maximum absolute atomic E-state index is 6.19. The Hall–Kier alpha value is -3.04. The normalized spacial score (nSPS) is 11.8. The number of fused-ring (bicyclic) bond motifs is 1. The molecule has 0 unspecified atom stereocenters. The van der Waals surface area contributed by atoms with Gasteiger partial charge in [-0.15, -0.1) is 0 Å². The lowest BCUT2D eigenvalue weighted by atomic mass is 10.1. The topological polar surface area (TPSA) is 34.7 Å². The van der Waals surface area contributed by atoms with Crippen LogP contribution in [0.1, 0.15) is 18.1 Å². The van der Waals surface area contributed by atoms with Gasteiger partial charge in [0.1, 0.15) is 17.1 Å². The highest BCUT2D eigenvalue weighted by Gasteiger charge is 2.08. The number of hydrogen-bond acceptors (Lipinski definition) is 3. The summed E-state index contributed by atoms with van der Waals surface area (Å²) < 4.78 is 11.9. The maximum atomic E-state index is 6.19. The molecule has 0 saturated heterocycles. The van der Waals surface area contributed by atoms with Crippen LogP contribution in [0.2, 0.25) is 5.02 Å². The zero-order chi connectivity index (χ0) is 20.4. The molecule has 1 aromatic heterocycles. The standard InChI is InChI=1S/C25H22ClNO2/c1-4-28-20-10-12-24-21(14-20)23(27-22-11-5-16(2)13-17(22)3)15-25(29-24)18-6-8-19(26)9-7-18/h5-15H,4H2,1-3H3. The quantitative estimate of drug-likeness (QED) is 0.367. The van der Waals surface area contributed by atoms with Crippen molar-refractivity contribution in [1.82, 2.24) is 0 Å². The van der Waals surface area contributed by atoms with Gasteiger partial charge in [0.25, 0.3) is 0 Å². The summed E-state index contributed by atoms with van der Waals surface area (Å²) >= 11 is 6.05. The van der Waals surface area contributed by atoms with Crippen molar-refractivity contribution in [2.45, 2.75) is 20.8 Å². The fourth-order valence-corrected chi connectivity index (χ4v) is 3.44. The molecule has 0 spiro atoms. The van der Waals surface area contributed by atoms with Gasteiger partial charge in [-0.1, -0.05) is 29.3 Å². The van der Waals surface area contributed by atoms with Crippen LogP contribution in [-0.4, -0.2) is 6.61 Å². The Morgan fingerprint density at radius 2 is 1.72 bits per heavy atom. The fraction of sp³-hybridized carbons (Fsp3) is 0.160. The zero-order valence-corrected chi connectivity index (χ0v) is 17.5. The summed E-state index contributed by atoms with van der Waals surface area (Å²) in [5, 5.41) is 2.44. The van der Waals surface area contributed by atoms with Crippen molar-refractivity contribution in [1.29, 1.82) is 0 Å². The summed E-state index contributed by atoms with van der Waals surface area (Å²) in [6.07, 6.45) is 0. The third kappa shape index (κ3) is 4.20. The molecule has 4 heteroatoms. The second-order valence-electron chi connectivity index (χ2n) is 7.00. The molecule has 4 aromatic rings. The third-order valence-corrected chi connectivity index (χ3v) is 5.00. The van der Waals surface area contributed by atoms with Crippen LogP contribution in [0.4, 0.5) is 5.69 Å². The molecule has 0 aliphatic carbocycles. The Labute approximate surface area is 175 Å². The Morgan fingerprint density at radius 1 is 0.931 bits per heavy atom. The summed E-state index contributed by atoms with van der Waals surface area (Å²) in [6, 6.07) is 21.7. The fourth-order valence-electron chi connectivity index (χ4n) is 3.31. The van der Waals surface area contributed by atoms with Crippen LogP contribution in [0, 0.1) is 13.8 Å². The van der Waals surface area contributed by atoms with Crippen LogP contribution < -0.4 is 10.1 Å². The van der Waals surface area contributed by atoms with E-state index in [4.69, 9.17) is 25.7 Å². The second-order valence-corrected chi connectivity index (χ2v) is 7.43. The average molecular weight is 404 g/mol. The van der Waals surface area contributed by atoms with E-state index >= 15 is 0 Å². The molecule has 1 heterocycles. The van der Waals surface area contributed by atoms with Gasteiger partial charge in [0.05, 0.1) is 17.7 Å². The molecule has 29 heavy (non-hydrogen) atoms. The van der Waals surface area contributed by atoms with Crippen molar-refractivity contribution < 1.29 is 9.15 Å². The molecule has 0 bridgehead atoms. The summed E-state index contributed by atoms with van der Waals surface area (Å²) in [4.78, 5) is 4.97. The minimum atomic E-state index is 0.606. The van der Waals surface area contributed by atoms with Gasteiger partial charge >= 0.3 is 0 Å². The number of nitrogens with zero attached hydrogens (tertiary/aromatic N) is 1. The van der Waals surface area contributed by atoms with Gasteiger partial charge in [-0.3, -0.25) is 0 Å². The van der Waals surface area contributed by atoms with Crippen LogP contribution in [0.5, 0.6) is 5.75 Å². The number of aryl methyl sites for hydroxylation is 2. The smallest absolute Gasteiger partial charge is 0.137 e. The van der Waals surface area contributed by atoms with E-state index in [0.29, 0.717) is 11.6 Å². The van der Waals surface area contributed by atoms with Gasteiger partial charge in [0, 0.05) is 22.0 Å². The van der Waals surface area contributed by atoms with Gasteiger partial charge < -0.3 is 9.15 Å². The molecule has 3 aromatic carbocycles. The lowest BCUT2D eigenvalue weighted by Gasteiger charge is -2.08. The summed E-state index contributed by atoms with van der Waals surface area (Å²) in [6.45, 7) is 6.74. The van der Waals surface area contributed by atoms with Gasteiger partial charge in [-0.05, 0) is 74.9 Å². The summed E-state index contributed by atoms with van der Waals surface area (Å²) in [5.74, 6) is 1.54. The number of rotatable bonds is 4. The van der Waals surface area contributed by atoms with Gasteiger partial charge in [-0.2, -0.15) is 0 Å². The Bertz CT molecular complexity index is 1240. The molecule has 0 radical (unpaired) electrons. The molecule has 0 N–H and O–H groups in total. The molecule has 146 valence electrons. The maximum Gasteiger partial charge on any atom is 0.137 e. The number of ether oxygens (including phenoxy) is 1. The third-order valence-electron chi connectivity index (χ3n) is 4.75. The Morgan fingerprint density at radius 3 is 2.45 bits per heavy atom. The van der Waals surface area contributed by atoms with Crippen molar-refractivity contribution in [3.8, 4) is 17.1 Å². The van der Waals surface area contributed by atoms with Crippen molar-refractivity contribution in [2.75, 3.05) is 6.61 Å². The second kappa shape index (κ2) is 8.14. The average Bonchev–Trinajstić information content (AvgIpc) is 2.71. The highest BCUT2D eigenvalue weighted by atomic mass is 35.5. The largest absolute Gasteiger partial charge is 0.494 e. The molecule has 4 rings (SSSR count). The number of halogens is 1. The van der Waals surface area contributed by atoms with E-state index in [1.54, 1.807) is 0 Å². The first-order chi connectivity index (χ1) is 14.0. The molecule has 3 nitrogen and oxygen atoms in total. The van der Waals surface area contributed by atoms with E-state index in [0.717, 1.165) is 44.7 Å². The first kappa shape index (κ1) is 19.3. The Kier molecular flexibility index (Phi) is 5.41. The first-order valence-electron chi connectivity index (χ1n) is 9.62. The van der Waals surface area contributed by atoms with E-state index in [1.165, 1.54) is 5.56 Å². The summed E-state index contributed by atoms with van der Waals surface area (Å²) in [5.41, 5.74) is 4.99. The van der Waals surface area contributed by atoms with Crippen LogP contribution in [-0.2, 0) is 0 Å². The predicted octanol–water partition coefficient (Wildman–Crippen LogP) is 7.00. The lowest BCUT2D eigenvalue weighted by molar-refractivity contribution is 0.340. The Balaban J connectivity index is 1.98. The molecule has 0 saturated carbocycles. The van der Waals surface area contributed by atoms with Crippen molar-refractivity contribution in [3.63, 3.8) is 0 Å². The number of benzene rings is 3. The zero-order valence-electron chi connectivity index (χ0n) is 16.7. The molecule has 0 atom stereocenters. The van der Waals surface area contributed by atoms with E-state index < -0.39 is 0 Å². The number of hydrogen-bond donors (Lipinski definition) is 0. The minimum absolute atomic E-state index is 0.606. The lowest BCUT2D eigenvalue weighted by Crippen LogP contribution is -2.04. The van der Waals surface area contributed by atoms with E-state index in [9.17, 15) is 0 Å². The predicted molar refractivity (Wildman–Crippen MR) is 119 cm³/mol. The van der Waals surface area contributed by atoms with Crippen LogP contribution in [0.15, 0.2) is 76.1 Å². The van der Waals surface area contributed by atoms with Crippen molar-refractivity contribution in [3.05, 3.63) is 88.2 Å². The minimum Gasteiger partial charge on any atom is -0.494 e. The van der Waals surface area contributed by atoms with E-state index in [2.05, 4.69) is 32.0 Å². The van der Waals surface area contributed by atoms with Crippen LogP contribution in [0.3, 0.4) is 0 Å². The molecule has 0 aliphatic rings. The van der Waals surface area contributed by atoms with Crippen molar-refractivity contribution >= 4 is 28.3 Å². The summed E-state index contributed by atoms with van der Waals surface area (Å²) in [7, 11) is 0. The van der Waals surface area contributed by atoms with Crippen LogP contribution >= 0.6 is 11.6 Å². The highest BCUT2D eigenvalue weighted by Crippen LogP contribution is 2.27.